The highest BCUT2D eigenvalue weighted by Crippen LogP contribution is 2.05. The molecule has 0 saturated heterocycles. The fourth-order valence-electron chi connectivity index (χ4n) is 0.874. The quantitative estimate of drug-likeness (QED) is 0.503. The molecule has 0 rings (SSSR count). The normalized spacial score (nSPS) is 10.3. The number of halogens is 2. The Labute approximate surface area is 97.3 Å². The zero-order valence-corrected chi connectivity index (χ0v) is 10.1. The molecule has 16 heavy (non-hydrogen) atoms. The van der Waals surface area contributed by atoms with Crippen molar-refractivity contribution in [3.05, 3.63) is 0 Å². The van der Waals surface area contributed by atoms with Crippen LogP contribution in [-0.2, 0) is 14.3 Å². The van der Waals surface area contributed by atoms with Crippen LogP contribution in [0.2, 0.25) is 0 Å². The highest BCUT2D eigenvalue weighted by Gasteiger charge is 2.13. The summed E-state index contributed by atoms with van der Waals surface area (Å²) in [6.07, 6.45) is -2.37. The molecule has 0 unspecified atom stereocenters. The lowest BCUT2D eigenvalue weighted by molar-refractivity contribution is -0.137. The molecule has 0 aromatic heterocycles. The van der Waals surface area contributed by atoms with E-state index < -0.39 is 13.0 Å². The van der Waals surface area contributed by atoms with Crippen LogP contribution in [0.25, 0.3) is 0 Å². The Kier molecular flexibility index (Phi) is 7.88. The smallest absolute Gasteiger partial charge is 0.315 e. The van der Waals surface area contributed by atoms with Crippen molar-refractivity contribution in [2.75, 3.05) is 32.2 Å². The molecule has 0 aromatic rings. The molecule has 0 bridgehead atoms. The molecule has 0 aliphatic heterocycles. The van der Waals surface area contributed by atoms with E-state index in [4.69, 9.17) is 0 Å². The summed E-state index contributed by atoms with van der Waals surface area (Å²) in [6.45, 7) is -0.555. The van der Waals surface area contributed by atoms with Gasteiger partial charge in [-0.15, -0.1) is 11.8 Å². The van der Waals surface area contributed by atoms with Crippen LogP contribution < -0.4 is 0 Å². The maximum atomic E-state index is 11.9. The van der Waals surface area contributed by atoms with E-state index in [-0.39, 0.29) is 24.1 Å². The predicted molar refractivity (Wildman–Crippen MR) is 57.6 cm³/mol. The molecular weight excluding hydrogens is 240 g/mol. The van der Waals surface area contributed by atoms with E-state index in [1.807, 2.05) is 0 Å². The molecule has 0 N–H and O–H groups in total. The average Bonchev–Trinajstić information content (AvgIpc) is 2.22. The summed E-state index contributed by atoms with van der Waals surface area (Å²) < 4.78 is 28.3. The molecule has 7 heteroatoms. The Balaban J connectivity index is 3.61. The molecule has 0 radical (unpaired) electrons. The van der Waals surface area contributed by atoms with E-state index in [2.05, 4.69) is 4.74 Å². The van der Waals surface area contributed by atoms with Gasteiger partial charge in [0.05, 0.1) is 19.4 Å². The van der Waals surface area contributed by atoms with E-state index in [1.165, 1.54) is 25.9 Å². The highest BCUT2D eigenvalue weighted by atomic mass is 32.2. The summed E-state index contributed by atoms with van der Waals surface area (Å²) in [5.74, 6) is -0.125. The van der Waals surface area contributed by atoms with Crippen molar-refractivity contribution >= 4 is 23.6 Å². The second-order valence-electron chi connectivity index (χ2n) is 3.04. The molecule has 0 fully saturated rings. The number of esters is 1. The van der Waals surface area contributed by atoms with E-state index >= 15 is 0 Å². The number of methoxy groups -OCH3 is 1. The third-order valence-corrected chi connectivity index (χ3v) is 2.68. The number of carbonyl (C=O) groups excluding carboxylic acids is 2. The van der Waals surface area contributed by atoms with Gasteiger partial charge in [0, 0.05) is 19.2 Å². The molecule has 0 aromatic carbocycles. The first kappa shape index (κ1) is 15.2. The molecule has 0 aliphatic carbocycles. The maximum absolute atomic E-state index is 11.9. The van der Waals surface area contributed by atoms with E-state index in [1.54, 1.807) is 0 Å². The lowest BCUT2D eigenvalue weighted by atomic mass is 10.4. The molecule has 0 spiro atoms. The van der Waals surface area contributed by atoms with Crippen molar-refractivity contribution in [1.29, 1.82) is 0 Å². The van der Waals surface area contributed by atoms with Crippen LogP contribution in [0.4, 0.5) is 8.78 Å². The number of hydrogen-bond donors (Lipinski definition) is 0. The van der Waals surface area contributed by atoms with Crippen LogP contribution in [0.5, 0.6) is 0 Å². The van der Waals surface area contributed by atoms with Crippen molar-refractivity contribution in [2.24, 2.45) is 0 Å². The number of ether oxygens (including phenoxy) is 1. The number of rotatable bonds is 7. The number of nitrogens with zero attached hydrogens (tertiary/aromatic N) is 1. The molecule has 0 aliphatic rings. The van der Waals surface area contributed by atoms with Crippen molar-refractivity contribution in [3.63, 3.8) is 0 Å². The Morgan fingerprint density at radius 1 is 1.44 bits per heavy atom. The van der Waals surface area contributed by atoms with Gasteiger partial charge in [-0.1, -0.05) is 0 Å². The maximum Gasteiger partial charge on any atom is 0.315 e. The van der Waals surface area contributed by atoms with Crippen molar-refractivity contribution in [3.8, 4) is 0 Å². The van der Waals surface area contributed by atoms with E-state index in [9.17, 15) is 18.4 Å². The van der Waals surface area contributed by atoms with Crippen molar-refractivity contribution < 1.29 is 23.1 Å². The Hall–Kier alpha value is -0.850. The third-order valence-electron chi connectivity index (χ3n) is 1.75. The minimum absolute atomic E-state index is 0.144. The fraction of sp³-hybridized carbons (Fsp3) is 0.778. The van der Waals surface area contributed by atoms with E-state index in [0.29, 0.717) is 5.75 Å². The second kappa shape index (κ2) is 8.32. The number of hydrogen-bond acceptors (Lipinski definition) is 4. The number of amides is 1. The molecule has 4 nitrogen and oxygen atoms in total. The van der Waals surface area contributed by atoms with Gasteiger partial charge in [0.15, 0.2) is 0 Å². The van der Waals surface area contributed by atoms with Crippen molar-refractivity contribution in [2.45, 2.75) is 12.8 Å². The van der Waals surface area contributed by atoms with Gasteiger partial charge in [0.1, 0.15) is 0 Å². The summed E-state index contributed by atoms with van der Waals surface area (Å²) in [5, 5.41) is 0. The van der Waals surface area contributed by atoms with Crippen LogP contribution in [-0.4, -0.2) is 55.4 Å². The minimum atomic E-state index is -2.52. The first-order valence-electron chi connectivity index (χ1n) is 4.64. The topological polar surface area (TPSA) is 46.6 Å². The van der Waals surface area contributed by atoms with Crippen molar-refractivity contribution in [1.82, 2.24) is 4.90 Å². The lowest BCUT2D eigenvalue weighted by Gasteiger charge is -2.15. The van der Waals surface area contributed by atoms with E-state index in [0.717, 1.165) is 4.90 Å². The second-order valence-corrected chi connectivity index (χ2v) is 4.15. The van der Waals surface area contributed by atoms with Gasteiger partial charge in [-0.05, 0) is 0 Å². The summed E-state index contributed by atoms with van der Waals surface area (Å²) >= 11 is 1.24. The van der Waals surface area contributed by atoms with Gasteiger partial charge in [-0.3, -0.25) is 9.59 Å². The molecule has 0 heterocycles. The van der Waals surface area contributed by atoms with Gasteiger partial charge < -0.3 is 9.64 Å². The van der Waals surface area contributed by atoms with Gasteiger partial charge in [0.2, 0.25) is 5.91 Å². The van der Waals surface area contributed by atoms with Gasteiger partial charge >= 0.3 is 5.97 Å². The first-order valence-corrected chi connectivity index (χ1v) is 5.79. The SMILES string of the molecule is COC(=O)CSCCC(=O)N(C)CC(F)F. The van der Waals surface area contributed by atoms with Gasteiger partial charge in [-0.2, -0.15) is 0 Å². The molecule has 0 saturated carbocycles. The standard InChI is InChI=1S/C9H15F2NO3S/c1-12(5-7(10)11)8(13)3-4-16-6-9(14)15-2/h7H,3-6H2,1-2H3. The highest BCUT2D eigenvalue weighted by molar-refractivity contribution is 7.99. The molecule has 94 valence electrons. The zero-order valence-electron chi connectivity index (χ0n) is 9.24. The minimum Gasteiger partial charge on any atom is -0.468 e. The lowest BCUT2D eigenvalue weighted by Crippen LogP contribution is -2.31. The monoisotopic (exact) mass is 255 g/mol. The average molecular weight is 255 g/mol. The Bertz CT molecular complexity index is 239. The zero-order chi connectivity index (χ0) is 12.6. The van der Waals surface area contributed by atoms with Crippen LogP contribution >= 0.6 is 11.8 Å². The van der Waals surface area contributed by atoms with Crippen LogP contribution in [0.3, 0.4) is 0 Å². The van der Waals surface area contributed by atoms with Crippen LogP contribution in [0.1, 0.15) is 6.42 Å². The number of carbonyl (C=O) groups is 2. The Morgan fingerprint density at radius 2 is 2.06 bits per heavy atom. The molecule has 0 atom stereocenters. The summed E-state index contributed by atoms with van der Waals surface area (Å²) in [7, 11) is 2.62. The van der Waals surface area contributed by atoms with Gasteiger partial charge in [-0.25, -0.2) is 8.78 Å². The summed E-state index contributed by atoms with van der Waals surface area (Å²) in [5.41, 5.74) is 0. The number of thioether (sulfide) groups is 1. The molecular formula is C9H15F2NO3S. The molecule has 1 amide bonds. The van der Waals surface area contributed by atoms with Crippen LogP contribution in [0.15, 0.2) is 0 Å². The third kappa shape index (κ3) is 7.44. The van der Waals surface area contributed by atoms with Gasteiger partial charge in [0.25, 0.3) is 6.43 Å². The summed E-state index contributed by atoms with van der Waals surface area (Å²) in [4.78, 5) is 22.9. The first-order chi connectivity index (χ1) is 7.47. The van der Waals surface area contributed by atoms with Crippen LogP contribution in [0, 0.1) is 0 Å². The summed E-state index contributed by atoms with van der Waals surface area (Å²) in [6, 6.07) is 0. The fourth-order valence-corrected chi connectivity index (χ4v) is 1.62. The largest absolute Gasteiger partial charge is 0.468 e. The number of alkyl halides is 2. The Morgan fingerprint density at radius 3 is 2.56 bits per heavy atom. The predicted octanol–water partition coefficient (Wildman–Crippen LogP) is 1.01.